The summed E-state index contributed by atoms with van der Waals surface area (Å²) >= 11 is 0. The summed E-state index contributed by atoms with van der Waals surface area (Å²) in [6, 6.07) is 0.245. The van der Waals surface area contributed by atoms with Crippen molar-refractivity contribution in [3.63, 3.8) is 0 Å². The molecule has 2 nitrogen and oxygen atoms in total. The molecule has 0 aliphatic carbocycles. The third-order valence-corrected chi connectivity index (χ3v) is 3.11. The first-order valence-electron chi connectivity index (χ1n) is 6.63. The van der Waals surface area contributed by atoms with Gasteiger partial charge in [-0.25, -0.2) is 0 Å². The van der Waals surface area contributed by atoms with E-state index in [9.17, 15) is 0 Å². The molecule has 0 heterocycles. The first kappa shape index (κ1) is 15.9. The van der Waals surface area contributed by atoms with Crippen LogP contribution in [-0.2, 0) is 0 Å². The van der Waals surface area contributed by atoms with Gasteiger partial charge in [-0.15, -0.1) is 0 Å². The Morgan fingerprint density at radius 2 is 1.31 bits per heavy atom. The molecule has 2 heteroatoms. The fourth-order valence-electron chi connectivity index (χ4n) is 1.96. The summed E-state index contributed by atoms with van der Waals surface area (Å²) in [6.45, 7) is 19.2. The molecular formula is C14H32N2. The van der Waals surface area contributed by atoms with Crippen molar-refractivity contribution in [2.24, 2.45) is 23.0 Å². The van der Waals surface area contributed by atoms with Crippen molar-refractivity contribution in [1.29, 1.82) is 0 Å². The number of nitrogens with zero attached hydrogens (tertiary/aromatic N) is 1. The maximum Gasteiger partial charge on any atom is 0.00739 e. The molecule has 0 aromatic heterocycles. The molecule has 0 fully saturated rings. The molecule has 0 saturated heterocycles. The minimum absolute atomic E-state index is 0.198. The highest BCUT2D eigenvalue weighted by molar-refractivity contribution is 4.82. The van der Waals surface area contributed by atoms with Crippen LogP contribution in [0.2, 0.25) is 0 Å². The lowest BCUT2D eigenvalue weighted by Crippen LogP contribution is -2.46. The van der Waals surface area contributed by atoms with Crippen LogP contribution >= 0.6 is 0 Å². The normalized spacial score (nSPS) is 15.2. The SMILES string of the molecule is CC(C)CN(CC(C)C)CC(C)(C)C(C)N. The number of hydrogen-bond donors (Lipinski definition) is 1. The molecule has 0 radical (unpaired) electrons. The lowest BCUT2D eigenvalue weighted by atomic mass is 9.85. The smallest absolute Gasteiger partial charge is 0.00739 e. The van der Waals surface area contributed by atoms with Gasteiger partial charge >= 0.3 is 0 Å². The van der Waals surface area contributed by atoms with Gasteiger partial charge in [-0.05, 0) is 24.2 Å². The summed E-state index contributed by atoms with van der Waals surface area (Å²) < 4.78 is 0. The summed E-state index contributed by atoms with van der Waals surface area (Å²) in [5.41, 5.74) is 6.25. The Kier molecular flexibility index (Phi) is 6.57. The number of hydrogen-bond acceptors (Lipinski definition) is 2. The third-order valence-electron chi connectivity index (χ3n) is 3.11. The van der Waals surface area contributed by atoms with Gasteiger partial charge in [-0.3, -0.25) is 0 Å². The highest BCUT2D eigenvalue weighted by Crippen LogP contribution is 2.21. The van der Waals surface area contributed by atoms with Crippen LogP contribution in [0.4, 0.5) is 0 Å². The maximum atomic E-state index is 6.05. The highest BCUT2D eigenvalue weighted by Gasteiger charge is 2.26. The second kappa shape index (κ2) is 6.61. The summed E-state index contributed by atoms with van der Waals surface area (Å²) in [5, 5.41) is 0. The molecule has 1 atom stereocenters. The Balaban J connectivity index is 4.41. The molecule has 0 aliphatic rings. The van der Waals surface area contributed by atoms with Crippen LogP contribution < -0.4 is 5.73 Å². The van der Waals surface area contributed by atoms with E-state index in [2.05, 4.69) is 53.4 Å². The lowest BCUT2D eigenvalue weighted by Gasteiger charge is -2.37. The lowest BCUT2D eigenvalue weighted by molar-refractivity contribution is 0.132. The Morgan fingerprint density at radius 3 is 1.56 bits per heavy atom. The fourth-order valence-corrected chi connectivity index (χ4v) is 1.96. The van der Waals surface area contributed by atoms with E-state index < -0.39 is 0 Å². The first-order chi connectivity index (χ1) is 7.15. The average Bonchev–Trinajstić information content (AvgIpc) is 1.99. The quantitative estimate of drug-likeness (QED) is 0.726. The van der Waals surface area contributed by atoms with Crippen LogP contribution in [0.1, 0.15) is 48.5 Å². The molecule has 98 valence electrons. The van der Waals surface area contributed by atoms with Crippen LogP contribution in [0, 0.1) is 17.3 Å². The van der Waals surface area contributed by atoms with Crippen LogP contribution in [-0.4, -0.2) is 30.6 Å². The Hall–Kier alpha value is -0.0800. The summed E-state index contributed by atoms with van der Waals surface area (Å²) in [4.78, 5) is 2.57. The van der Waals surface area contributed by atoms with Gasteiger partial charge in [-0.1, -0.05) is 41.5 Å². The predicted molar refractivity (Wildman–Crippen MR) is 73.5 cm³/mol. The second-order valence-corrected chi connectivity index (χ2v) is 6.76. The third kappa shape index (κ3) is 6.49. The molecule has 0 aliphatic heterocycles. The Labute approximate surface area is 103 Å². The topological polar surface area (TPSA) is 29.3 Å². The Bertz CT molecular complexity index is 173. The molecule has 0 bridgehead atoms. The van der Waals surface area contributed by atoms with Crippen molar-refractivity contribution in [3.8, 4) is 0 Å². The zero-order valence-electron chi connectivity index (χ0n) is 12.4. The Morgan fingerprint density at radius 1 is 0.938 bits per heavy atom. The summed E-state index contributed by atoms with van der Waals surface area (Å²) in [6.07, 6.45) is 0. The van der Waals surface area contributed by atoms with E-state index in [-0.39, 0.29) is 11.5 Å². The molecule has 0 saturated carbocycles. The highest BCUT2D eigenvalue weighted by atomic mass is 15.1. The van der Waals surface area contributed by atoms with Gasteiger partial charge < -0.3 is 10.6 Å². The van der Waals surface area contributed by atoms with Crippen molar-refractivity contribution < 1.29 is 0 Å². The van der Waals surface area contributed by atoms with Gasteiger partial charge in [-0.2, -0.15) is 0 Å². The largest absolute Gasteiger partial charge is 0.327 e. The zero-order chi connectivity index (χ0) is 12.9. The van der Waals surface area contributed by atoms with Gasteiger partial charge in [0.15, 0.2) is 0 Å². The molecule has 1 unspecified atom stereocenters. The van der Waals surface area contributed by atoms with E-state index in [1.165, 1.54) is 13.1 Å². The van der Waals surface area contributed by atoms with Crippen molar-refractivity contribution >= 4 is 0 Å². The van der Waals surface area contributed by atoms with Gasteiger partial charge in [0, 0.05) is 25.7 Å². The van der Waals surface area contributed by atoms with Crippen molar-refractivity contribution in [1.82, 2.24) is 4.90 Å². The molecule has 0 aromatic carbocycles. The monoisotopic (exact) mass is 228 g/mol. The summed E-state index contributed by atoms with van der Waals surface area (Å²) in [7, 11) is 0. The first-order valence-corrected chi connectivity index (χ1v) is 6.63. The van der Waals surface area contributed by atoms with Gasteiger partial charge in [0.25, 0.3) is 0 Å². The van der Waals surface area contributed by atoms with E-state index >= 15 is 0 Å². The average molecular weight is 228 g/mol. The second-order valence-electron chi connectivity index (χ2n) is 6.76. The minimum Gasteiger partial charge on any atom is -0.327 e. The zero-order valence-corrected chi connectivity index (χ0v) is 12.4. The molecule has 16 heavy (non-hydrogen) atoms. The van der Waals surface area contributed by atoms with Crippen molar-refractivity contribution in [3.05, 3.63) is 0 Å². The fraction of sp³-hybridized carbons (Fsp3) is 1.00. The van der Waals surface area contributed by atoms with E-state index in [1.807, 2.05) is 0 Å². The molecule has 2 N–H and O–H groups in total. The van der Waals surface area contributed by atoms with Crippen LogP contribution in [0.15, 0.2) is 0 Å². The standard InChI is InChI=1S/C14H32N2/c1-11(2)8-16(9-12(3)4)10-14(6,7)13(5)15/h11-13H,8-10,15H2,1-7H3. The van der Waals surface area contributed by atoms with Crippen molar-refractivity contribution in [2.75, 3.05) is 19.6 Å². The van der Waals surface area contributed by atoms with Gasteiger partial charge in [0.2, 0.25) is 0 Å². The van der Waals surface area contributed by atoms with Gasteiger partial charge in [0.05, 0.1) is 0 Å². The van der Waals surface area contributed by atoms with E-state index in [0.717, 1.165) is 18.4 Å². The molecular weight excluding hydrogens is 196 g/mol. The summed E-state index contributed by atoms with van der Waals surface area (Å²) in [5.74, 6) is 1.45. The minimum atomic E-state index is 0.198. The van der Waals surface area contributed by atoms with E-state index in [0.29, 0.717) is 0 Å². The van der Waals surface area contributed by atoms with Crippen LogP contribution in [0.3, 0.4) is 0 Å². The van der Waals surface area contributed by atoms with Crippen LogP contribution in [0.5, 0.6) is 0 Å². The van der Waals surface area contributed by atoms with Crippen molar-refractivity contribution in [2.45, 2.75) is 54.5 Å². The molecule has 0 rings (SSSR count). The molecule has 0 aromatic rings. The number of rotatable bonds is 7. The van der Waals surface area contributed by atoms with E-state index in [1.54, 1.807) is 0 Å². The van der Waals surface area contributed by atoms with Crippen LogP contribution in [0.25, 0.3) is 0 Å². The predicted octanol–water partition coefficient (Wildman–Crippen LogP) is 2.97. The molecule has 0 amide bonds. The van der Waals surface area contributed by atoms with E-state index in [4.69, 9.17) is 5.73 Å². The maximum absolute atomic E-state index is 6.05. The molecule has 0 spiro atoms. The van der Waals surface area contributed by atoms with Gasteiger partial charge in [0.1, 0.15) is 0 Å². The number of nitrogens with two attached hydrogens (primary N) is 1.